The number of benzene rings is 1. The van der Waals surface area contributed by atoms with E-state index < -0.39 is 45.6 Å². The molecule has 2 aromatic rings. The first-order valence-electron chi connectivity index (χ1n) is 10.2. The normalized spacial score (nSPS) is 14.0. The third-order valence-electron chi connectivity index (χ3n) is 4.89. The topological polar surface area (TPSA) is 105 Å². The Morgan fingerprint density at radius 3 is 2.36 bits per heavy atom. The molecule has 1 aromatic carbocycles. The number of ether oxygens (including phenoxy) is 1. The van der Waals surface area contributed by atoms with E-state index in [0.29, 0.717) is 12.8 Å². The molecule has 0 aliphatic rings. The van der Waals surface area contributed by atoms with Crippen molar-refractivity contribution in [2.24, 2.45) is 7.05 Å². The van der Waals surface area contributed by atoms with E-state index in [1.807, 2.05) is 13.8 Å². The van der Waals surface area contributed by atoms with Gasteiger partial charge < -0.3 is 9.30 Å². The van der Waals surface area contributed by atoms with Crippen LogP contribution in [0.4, 0.5) is 13.2 Å². The Morgan fingerprint density at radius 1 is 1.24 bits per heavy atom. The minimum atomic E-state index is -5.17. The molecule has 33 heavy (non-hydrogen) atoms. The zero-order valence-electron chi connectivity index (χ0n) is 18.5. The average Bonchev–Trinajstić information content (AvgIpc) is 3.18. The molecular formula is C21H25F3N4O4S. The van der Waals surface area contributed by atoms with Gasteiger partial charge in [0.2, 0.25) is 10.0 Å². The van der Waals surface area contributed by atoms with Crippen LogP contribution < -0.4 is 0 Å². The van der Waals surface area contributed by atoms with Gasteiger partial charge in [-0.3, -0.25) is 0 Å². The number of nitrogens with zero attached hydrogens (tertiary/aromatic N) is 4. The second kappa shape index (κ2) is 10.4. The van der Waals surface area contributed by atoms with Gasteiger partial charge in [0, 0.05) is 32.5 Å². The van der Waals surface area contributed by atoms with Gasteiger partial charge >= 0.3 is 12.1 Å². The summed E-state index contributed by atoms with van der Waals surface area (Å²) in [5, 5.41) is 9.09. The third-order valence-corrected chi connectivity index (χ3v) is 6.78. The number of nitriles is 1. The van der Waals surface area contributed by atoms with Gasteiger partial charge in [-0.05, 0) is 31.0 Å². The molecule has 1 atom stereocenters. The highest BCUT2D eigenvalue weighted by Gasteiger charge is 2.62. The predicted octanol–water partition coefficient (Wildman–Crippen LogP) is 3.76. The predicted molar refractivity (Wildman–Crippen MR) is 112 cm³/mol. The summed E-state index contributed by atoms with van der Waals surface area (Å²) in [6, 6.07) is 6.05. The minimum absolute atomic E-state index is 0.242. The maximum Gasteiger partial charge on any atom is 0.436 e. The summed E-state index contributed by atoms with van der Waals surface area (Å²) in [7, 11) is -2.70. The van der Waals surface area contributed by atoms with Crippen molar-refractivity contribution in [2.75, 3.05) is 13.1 Å². The highest BCUT2D eigenvalue weighted by molar-refractivity contribution is 7.89. The molecule has 0 aliphatic heterocycles. The molecule has 180 valence electrons. The SMILES string of the molecule is CCCN(CCC)S(=O)(=O)c1cccc(C(=O)O[C@@](CC#N)(c2nccn2C)C(F)(F)F)c1. The molecule has 0 spiro atoms. The molecule has 1 heterocycles. The summed E-state index contributed by atoms with van der Waals surface area (Å²) in [6.45, 7) is 4.14. The number of rotatable bonds is 10. The lowest BCUT2D eigenvalue weighted by molar-refractivity contribution is -0.267. The van der Waals surface area contributed by atoms with Crippen LogP contribution in [0.25, 0.3) is 0 Å². The molecule has 2 rings (SSSR count). The first kappa shape index (κ1) is 26.3. The van der Waals surface area contributed by atoms with E-state index in [0.717, 1.165) is 22.9 Å². The minimum Gasteiger partial charge on any atom is -0.436 e. The standard InChI is InChI=1S/C21H25F3N4O4S/c1-4-12-28(13-5-2)33(30,31)17-8-6-7-16(15-17)18(29)32-20(9-10-25,21(22,23)24)19-26-11-14-27(19)3/h6-8,11,14-15H,4-5,9,12-13H2,1-3H3/t20-/m0/s1. The number of aromatic nitrogens is 2. The van der Waals surface area contributed by atoms with Crippen LogP contribution in [0.5, 0.6) is 0 Å². The van der Waals surface area contributed by atoms with Crippen LogP contribution in [-0.4, -0.2) is 47.5 Å². The van der Waals surface area contributed by atoms with Gasteiger partial charge in [0.05, 0.1) is 22.9 Å². The number of sulfonamides is 1. The molecule has 8 nitrogen and oxygen atoms in total. The highest BCUT2D eigenvalue weighted by Crippen LogP contribution is 2.44. The molecule has 0 N–H and O–H groups in total. The number of alkyl halides is 3. The number of hydrogen-bond acceptors (Lipinski definition) is 6. The van der Waals surface area contributed by atoms with Crippen molar-refractivity contribution in [1.29, 1.82) is 5.26 Å². The van der Waals surface area contributed by atoms with Crippen molar-refractivity contribution in [2.45, 2.75) is 49.8 Å². The summed E-state index contributed by atoms with van der Waals surface area (Å²) >= 11 is 0. The number of aryl methyl sites for hydroxylation is 1. The molecule has 0 radical (unpaired) electrons. The molecular weight excluding hydrogens is 461 g/mol. The van der Waals surface area contributed by atoms with Crippen molar-refractivity contribution in [3.05, 3.63) is 48.0 Å². The molecule has 0 amide bonds. The first-order valence-corrected chi connectivity index (χ1v) is 11.6. The van der Waals surface area contributed by atoms with Crippen LogP contribution in [0.3, 0.4) is 0 Å². The lowest BCUT2D eigenvalue weighted by Gasteiger charge is -2.32. The molecule has 1 aromatic heterocycles. The molecule has 0 bridgehead atoms. The zero-order valence-corrected chi connectivity index (χ0v) is 19.3. The molecule has 0 saturated heterocycles. The van der Waals surface area contributed by atoms with Gasteiger partial charge in [-0.2, -0.15) is 22.7 Å². The van der Waals surface area contributed by atoms with E-state index in [9.17, 15) is 26.4 Å². The zero-order chi connectivity index (χ0) is 24.9. The summed E-state index contributed by atoms with van der Waals surface area (Å²) in [5.74, 6) is -2.11. The van der Waals surface area contributed by atoms with Crippen molar-refractivity contribution in [3.63, 3.8) is 0 Å². The fraction of sp³-hybridized carbons (Fsp3) is 0.476. The van der Waals surface area contributed by atoms with Crippen molar-refractivity contribution in [1.82, 2.24) is 13.9 Å². The molecule has 0 saturated carbocycles. The van der Waals surface area contributed by atoms with Gasteiger partial charge in [0.1, 0.15) is 0 Å². The third kappa shape index (κ3) is 5.36. The summed E-state index contributed by atoms with van der Waals surface area (Å²) < 4.78 is 75.6. The van der Waals surface area contributed by atoms with E-state index in [2.05, 4.69) is 4.98 Å². The summed E-state index contributed by atoms with van der Waals surface area (Å²) in [5.41, 5.74) is -3.73. The Labute approximate surface area is 190 Å². The van der Waals surface area contributed by atoms with Crippen molar-refractivity contribution >= 4 is 16.0 Å². The van der Waals surface area contributed by atoms with Crippen LogP contribution in [0, 0.1) is 11.3 Å². The summed E-state index contributed by atoms with van der Waals surface area (Å²) in [6.07, 6.45) is -2.96. The van der Waals surface area contributed by atoms with Gasteiger partial charge in [-0.15, -0.1) is 0 Å². The fourth-order valence-electron chi connectivity index (χ4n) is 3.31. The largest absolute Gasteiger partial charge is 0.436 e. The van der Waals surface area contributed by atoms with Crippen LogP contribution >= 0.6 is 0 Å². The Hall–Kier alpha value is -2.91. The Balaban J connectivity index is 2.51. The van der Waals surface area contributed by atoms with Crippen LogP contribution in [0.1, 0.15) is 49.3 Å². The van der Waals surface area contributed by atoms with Gasteiger partial charge in [0.15, 0.2) is 5.82 Å². The molecule has 0 aliphatic carbocycles. The van der Waals surface area contributed by atoms with Gasteiger partial charge in [0.25, 0.3) is 5.60 Å². The number of hydrogen-bond donors (Lipinski definition) is 0. The lowest BCUT2D eigenvalue weighted by atomic mass is 9.97. The van der Waals surface area contributed by atoms with Crippen molar-refractivity contribution in [3.8, 4) is 6.07 Å². The van der Waals surface area contributed by atoms with Crippen molar-refractivity contribution < 1.29 is 31.1 Å². The number of esters is 1. The maximum atomic E-state index is 14.1. The second-order valence-electron chi connectivity index (χ2n) is 7.34. The van der Waals surface area contributed by atoms with Crippen LogP contribution in [0.15, 0.2) is 41.6 Å². The highest BCUT2D eigenvalue weighted by atomic mass is 32.2. The second-order valence-corrected chi connectivity index (χ2v) is 9.28. The van der Waals surface area contributed by atoms with Crippen LogP contribution in [0.2, 0.25) is 0 Å². The number of imidazole rings is 1. The fourth-order valence-corrected chi connectivity index (χ4v) is 4.98. The average molecular weight is 487 g/mol. The Kier molecular flexibility index (Phi) is 8.26. The lowest BCUT2D eigenvalue weighted by Crippen LogP contribution is -2.48. The monoisotopic (exact) mass is 486 g/mol. The van der Waals surface area contributed by atoms with E-state index in [1.54, 1.807) is 0 Å². The van der Waals surface area contributed by atoms with E-state index in [4.69, 9.17) is 10.00 Å². The van der Waals surface area contributed by atoms with E-state index >= 15 is 0 Å². The van der Waals surface area contributed by atoms with E-state index in [-0.39, 0.29) is 18.0 Å². The summed E-state index contributed by atoms with van der Waals surface area (Å²) in [4.78, 5) is 16.2. The molecule has 0 fully saturated rings. The molecule has 0 unspecified atom stereocenters. The van der Waals surface area contributed by atoms with Crippen LogP contribution in [-0.2, 0) is 27.4 Å². The maximum absolute atomic E-state index is 14.1. The van der Waals surface area contributed by atoms with E-state index in [1.165, 1.54) is 35.8 Å². The Morgan fingerprint density at radius 2 is 1.88 bits per heavy atom. The number of halogens is 3. The number of carbonyl (C=O) groups is 1. The quantitative estimate of drug-likeness (QED) is 0.474. The Bertz CT molecular complexity index is 1120. The van der Waals surface area contributed by atoms with Gasteiger partial charge in [-0.25, -0.2) is 18.2 Å². The van der Waals surface area contributed by atoms with Gasteiger partial charge in [-0.1, -0.05) is 19.9 Å². The number of carbonyl (C=O) groups excluding carboxylic acids is 1. The smallest absolute Gasteiger partial charge is 0.436 e. The molecule has 12 heteroatoms. The first-order chi connectivity index (χ1) is 15.4.